The molecule has 3 rings (SSSR count). The molecule has 0 N–H and O–H groups in total. The van der Waals surface area contributed by atoms with E-state index in [1.165, 1.54) is 32.5 Å². The Morgan fingerprint density at radius 1 is 1.10 bits per heavy atom. The Morgan fingerprint density at radius 2 is 1.84 bits per heavy atom. The number of carbonyl (C=O) groups is 2. The number of hydrogen-bond donors (Lipinski definition) is 0. The Labute approximate surface area is 178 Å². The predicted octanol–water partition coefficient (Wildman–Crippen LogP) is 2.48. The van der Waals surface area contributed by atoms with E-state index < -0.39 is 5.97 Å². The van der Waals surface area contributed by atoms with Crippen molar-refractivity contribution in [1.29, 1.82) is 0 Å². The highest BCUT2D eigenvalue weighted by atomic mass is 16.5. The fraction of sp³-hybridized carbons (Fsp3) is 0.333. The number of hydrogen-bond acceptors (Lipinski definition) is 9. The van der Waals surface area contributed by atoms with Crippen molar-refractivity contribution in [3.8, 4) is 23.1 Å². The van der Waals surface area contributed by atoms with Crippen molar-refractivity contribution in [2.45, 2.75) is 19.4 Å². The minimum absolute atomic E-state index is 0.0673. The Kier molecular flexibility index (Phi) is 7.26. The van der Waals surface area contributed by atoms with E-state index in [0.29, 0.717) is 29.0 Å². The summed E-state index contributed by atoms with van der Waals surface area (Å²) < 4.78 is 25.7. The molecule has 0 aliphatic heterocycles. The molecular weight excluding hydrogens is 406 g/mol. The van der Waals surface area contributed by atoms with E-state index in [0.717, 1.165) is 5.56 Å². The van der Waals surface area contributed by atoms with Crippen LogP contribution >= 0.6 is 0 Å². The number of aryl methyl sites for hydroxylation is 1. The Balaban J connectivity index is 1.69. The van der Waals surface area contributed by atoms with E-state index in [-0.39, 0.29) is 31.8 Å². The summed E-state index contributed by atoms with van der Waals surface area (Å²) in [7, 11) is 4.35. The van der Waals surface area contributed by atoms with Gasteiger partial charge in [0.05, 0.1) is 27.6 Å². The monoisotopic (exact) mass is 429 g/mol. The number of carbonyl (C=O) groups excluding carboxylic acids is 2. The Bertz CT molecular complexity index is 992. The van der Waals surface area contributed by atoms with E-state index in [1.54, 1.807) is 30.3 Å². The maximum Gasteiger partial charge on any atom is 0.325 e. The number of ether oxygens (including phenoxy) is 3. The molecule has 0 unspecified atom stereocenters. The highest BCUT2D eigenvalue weighted by Crippen LogP contribution is 2.24. The van der Waals surface area contributed by atoms with Crippen LogP contribution in [0.5, 0.6) is 11.5 Å². The van der Waals surface area contributed by atoms with Gasteiger partial charge in [-0.15, -0.1) is 0 Å². The van der Waals surface area contributed by atoms with Crippen LogP contribution < -0.4 is 9.47 Å². The molecule has 0 spiro atoms. The molecule has 2 aromatic heterocycles. The smallest absolute Gasteiger partial charge is 0.325 e. The molecule has 0 saturated heterocycles. The van der Waals surface area contributed by atoms with Crippen LogP contribution in [0.2, 0.25) is 0 Å². The molecule has 0 saturated carbocycles. The molecule has 1 aromatic carbocycles. The molecule has 164 valence electrons. The summed E-state index contributed by atoms with van der Waals surface area (Å²) in [5.41, 5.74) is 0.742. The summed E-state index contributed by atoms with van der Waals surface area (Å²) in [5, 5.41) is 3.84. The van der Waals surface area contributed by atoms with Crippen molar-refractivity contribution in [2.24, 2.45) is 0 Å². The van der Waals surface area contributed by atoms with Crippen molar-refractivity contribution in [1.82, 2.24) is 15.0 Å². The van der Waals surface area contributed by atoms with Crippen LogP contribution in [0.15, 0.2) is 45.5 Å². The van der Waals surface area contributed by atoms with Crippen LogP contribution in [0.4, 0.5) is 0 Å². The van der Waals surface area contributed by atoms with Crippen LogP contribution in [-0.4, -0.2) is 54.8 Å². The molecule has 0 radical (unpaired) electrons. The zero-order valence-electron chi connectivity index (χ0n) is 17.5. The highest BCUT2D eigenvalue weighted by Gasteiger charge is 2.20. The third-order valence-corrected chi connectivity index (χ3v) is 4.45. The lowest BCUT2D eigenvalue weighted by Gasteiger charge is -2.22. The second kappa shape index (κ2) is 10.3. The average molecular weight is 429 g/mol. The van der Waals surface area contributed by atoms with Gasteiger partial charge >= 0.3 is 5.97 Å². The van der Waals surface area contributed by atoms with Gasteiger partial charge < -0.3 is 28.1 Å². The molecule has 0 aliphatic carbocycles. The van der Waals surface area contributed by atoms with Crippen molar-refractivity contribution >= 4 is 11.9 Å². The Morgan fingerprint density at radius 3 is 2.45 bits per heavy atom. The molecule has 3 aromatic rings. The van der Waals surface area contributed by atoms with Gasteiger partial charge in [0.15, 0.2) is 5.76 Å². The molecule has 0 aliphatic rings. The number of rotatable bonds is 10. The summed E-state index contributed by atoms with van der Waals surface area (Å²) in [6.45, 7) is -0.0285. The van der Waals surface area contributed by atoms with Gasteiger partial charge in [0.1, 0.15) is 18.0 Å². The average Bonchev–Trinajstić information content (AvgIpc) is 3.48. The van der Waals surface area contributed by atoms with Gasteiger partial charge in [-0.05, 0) is 29.8 Å². The second-order valence-corrected chi connectivity index (χ2v) is 6.54. The second-order valence-electron chi connectivity index (χ2n) is 6.54. The number of benzene rings is 1. The SMILES string of the molecule is COC(=O)CN(Cc1cc(OC)cc(OC)c1)C(=O)CCc1nc(-c2ccco2)no1. The van der Waals surface area contributed by atoms with Gasteiger partial charge in [-0.2, -0.15) is 4.98 Å². The zero-order valence-corrected chi connectivity index (χ0v) is 17.5. The topological polar surface area (TPSA) is 117 Å². The van der Waals surface area contributed by atoms with Crippen molar-refractivity contribution < 1.29 is 32.7 Å². The van der Waals surface area contributed by atoms with E-state index >= 15 is 0 Å². The van der Waals surface area contributed by atoms with Crippen LogP contribution in [0.1, 0.15) is 17.9 Å². The van der Waals surface area contributed by atoms with Crippen LogP contribution in [0.25, 0.3) is 11.6 Å². The van der Waals surface area contributed by atoms with Gasteiger partial charge in [-0.1, -0.05) is 5.16 Å². The largest absolute Gasteiger partial charge is 0.497 e. The molecule has 31 heavy (non-hydrogen) atoms. The minimum atomic E-state index is -0.527. The lowest BCUT2D eigenvalue weighted by Crippen LogP contribution is -2.36. The van der Waals surface area contributed by atoms with Crippen LogP contribution in [0, 0.1) is 0 Å². The number of amides is 1. The molecule has 1 amide bonds. The molecular formula is C21H23N3O7. The number of esters is 1. The van der Waals surface area contributed by atoms with Gasteiger partial charge in [-0.3, -0.25) is 9.59 Å². The summed E-state index contributed by atoms with van der Waals surface area (Å²) in [6.07, 6.45) is 1.79. The molecule has 0 fully saturated rings. The quantitative estimate of drug-likeness (QED) is 0.448. The highest BCUT2D eigenvalue weighted by molar-refractivity contribution is 5.82. The van der Waals surface area contributed by atoms with E-state index in [2.05, 4.69) is 10.1 Å². The first kappa shape index (κ1) is 21.9. The normalized spacial score (nSPS) is 10.5. The van der Waals surface area contributed by atoms with Gasteiger partial charge in [0.2, 0.25) is 17.6 Å². The predicted molar refractivity (Wildman–Crippen MR) is 107 cm³/mol. The lowest BCUT2D eigenvalue weighted by molar-refractivity contribution is -0.147. The number of nitrogens with zero attached hydrogens (tertiary/aromatic N) is 3. The van der Waals surface area contributed by atoms with E-state index in [1.807, 2.05) is 0 Å². The van der Waals surface area contributed by atoms with Gasteiger partial charge in [-0.25, -0.2) is 0 Å². The third-order valence-electron chi connectivity index (χ3n) is 4.45. The molecule has 10 nitrogen and oxygen atoms in total. The van der Waals surface area contributed by atoms with E-state index in [4.69, 9.17) is 23.2 Å². The first-order valence-electron chi connectivity index (χ1n) is 9.45. The first-order chi connectivity index (χ1) is 15.0. The summed E-state index contributed by atoms with van der Waals surface area (Å²) in [6, 6.07) is 8.69. The van der Waals surface area contributed by atoms with Gasteiger partial charge in [0.25, 0.3) is 0 Å². The third kappa shape index (κ3) is 5.84. The Hall–Kier alpha value is -3.82. The van der Waals surface area contributed by atoms with E-state index in [9.17, 15) is 9.59 Å². The summed E-state index contributed by atoms with van der Waals surface area (Å²) in [4.78, 5) is 30.3. The minimum Gasteiger partial charge on any atom is -0.497 e. The van der Waals surface area contributed by atoms with Gasteiger partial charge in [0, 0.05) is 25.5 Å². The number of methoxy groups -OCH3 is 3. The van der Waals surface area contributed by atoms with Crippen LogP contribution in [-0.2, 0) is 27.3 Å². The summed E-state index contributed by atoms with van der Waals surface area (Å²) >= 11 is 0. The lowest BCUT2D eigenvalue weighted by atomic mass is 10.1. The number of furan rings is 1. The zero-order chi connectivity index (χ0) is 22.2. The fourth-order valence-electron chi connectivity index (χ4n) is 2.86. The van der Waals surface area contributed by atoms with Crippen molar-refractivity contribution in [3.63, 3.8) is 0 Å². The van der Waals surface area contributed by atoms with Crippen LogP contribution in [0.3, 0.4) is 0 Å². The fourth-order valence-corrected chi connectivity index (χ4v) is 2.86. The molecule has 2 heterocycles. The maximum atomic E-state index is 12.9. The molecule has 0 bridgehead atoms. The maximum absolute atomic E-state index is 12.9. The summed E-state index contributed by atoms with van der Waals surface area (Å²) in [5.74, 6) is 1.43. The molecule has 0 atom stereocenters. The molecule has 10 heteroatoms. The first-order valence-corrected chi connectivity index (χ1v) is 9.45. The standard InChI is InChI=1S/C21H23N3O7/c1-27-15-9-14(10-16(11-15)28-2)12-24(13-20(26)29-3)19(25)7-6-18-22-21(23-31-18)17-5-4-8-30-17/h4-5,8-11H,6-7,12-13H2,1-3H3. The van der Waals surface area contributed by atoms with Crippen molar-refractivity contribution in [2.75, 3.05) is 27.9 Å². The number of aromatic nitrogens is 2. The van der Waals surface area contributed by atoms with Crippen molar-refractivity contribution in [3.05, 3.63) is 48.0 Å².